The molecule has 190 valence electrons. The molecule has 0 unspecified atom stereocenters. The van der Waals surface area contributed by atoms with Crippen molar-refractivity contribution in [3.63, 3.8) is 0 Å². The zero-order chi connectivity index (χ0) is 26.8. The summed E-state index contributed by atoms with van der Waals surface area (Å²) in [5.41, 5.74) is -2.13. The van der Waals surface area contributed by atoms with Gasteiger partial charge in [-0.3, -0.25) is 9.44 Å². The van der Waals surface area contributed by atoms with Crippen LogP contribution in [0.3, 0.4) is 0 Å². The summed E-state index contributed by atoms with van der Waals surface area (Å²) in [5, 5.41) is 18.1. The van der Waals surface area contributed by atoms with Gasteiger partial charge in [0.1, 0.15) is 22.3 Å². The normalized spacial score (nSPS) is 11.5. The molecule has 0 aliphatic rings. The van der Waals surface area contributed by atoms with Crippen molar-refractivity contribution in [3.8, 4) is 5.75 Å². The second-order valence-electron chi connectivity index (χ2n) is 7.02. The fourth-order valence-corrected chi connectivity index (χ4v) is 5.20. The molecule has 3 aromatic carbocycles. The number of carbonyl (C=O) groups is 2. The van der Waals surface area contributed by atoms with Crippen LogP contribution in [-0.2, 0) is 20.0 Å². The maximum Gasteiger partial charge on any atom is 0.335 e. The summed E-state index contributed by atoms with van der Waals surface area (Å²) >= 11 is 0. The van der Waals surface area contributed by atoms with Crippen LogP contribution in [0.15, 0.2) is 64.4 Å². The van der Waals surface area contributed by atoms with Gasteiger partial charge in [-0.25, -0.2) is 35.2 Å². The van der Waals surface area contributed by atoms with Gasteiger partial charge in [0.25, 0.3) is 20.0 Å². The molecule has 0 spiro atoms. The number of halogens is 2. The van der Waals surface area contributed by atoms with E-state index in [0.29, 0.717) is 0 Å². The third-order valence-electron chi connectivity index (χ3n) is 4.65. The van der Waals surface area contributed by atoms with Gasteiger partial charge in [0, 0.05) is 6.07 Å². The molecule has 0 aliphatic carbocycles. The molecule has 0 amide bonds. The monoisotopic (exact) mass is 542 g/mol. The van der Waals surface area contributed by atoms with E-state index in [1.807, 2.05) is 9.44 Å². The Morgan fingerprint density at radius 1 is 0.750 bits per heavy atom. The van der Waals surface area contributed by atoms with Crippen molar-refractivity contribution < 1.29 is 50.2 Å². The minimum atomic E-state index is -4.61. The predicted molar refractivity (Wildman–Crippen MR) is 121 cm³/mol. The molecule has 0 aliphatic heterocycles. The molecule has 0 aromatic heterocycles. The van der Waals surface area contributed by atoms with E-state index in [0.717, 1.165) is 61.7 Å². The summed E-state index contributed by atoms with van der Waals surface area (Å²) < 4.78 is 88.1. The van der Waals surface area contributed by atoms with Crippen LogP contribution in [0.2, 0.25) is 0 Å². The van der Waals surface area contributed by atoms with Crippen LogP contribution in [0.5, 0.6) is 5.75 Å². The molecule has 0 fully saturated rings. The second kappa shape index (κ2) is 9.79. The fraction of sp³-hybridized carbons (Fsp3) is 0.0476. The molecular formula is C21H16F2N2O9S2. The Morgan fingerprint density at radius 2 is 1.22 bits per heavy atom. The maximum absolute atomic E-state index is 14.1. The first-order valence-corrected chi connectivity index (χ1v) is 12.5. The van der Waals surface area contributed by atoms with Crippen LogP contribution < -0.4 is 14.2 Å². The number of carboxylic acid groups (broad SMARTS) is 2. The van der Waals surface area contributed by atoms with E-state index in [1.165, 1.54) is 0 Å². The van der Waals surface area contributed by atoms with Gasteiger partial charge in [0.2, 0.25) is 0 Å². The number of aromatic carboxylic acids is 2. The van der Waals surface area contributed by atoms with Crippen LogP contribution in [0.1, 0.15) is 20.7 Å². The number of sulfonamides is 2. The molecule has 0 radical (unpaired) electrons. The summed E-state index contributed by atoms with van der Waals surface area (Å²) in [6.07, 6.45) is 0. The predicted octanol–water partition coefficient (Wildman–Crippen LogP) is 2.97. The van der Waals surface area contributed by atoms with Crippen LogP contribution in [-0.4, -0.2) is 46.1 Å². The van der Waals surface area contributed by atoms with Crippen LogP contribution >= 0.6 is 0 Å². The van der Waals surface area contributed by atoms with Gasteiger partial charge in [-0.15, -0.1) is 0 Å². The number of nitrogens with one attached hydrogen (secondary N) is 2. The largest absolute Gasteiger partial charge is 0.495 e. The molecule has 4 N–H and O–H groups in total. The van der Waals surface area contributed by atoms with Gasteiger partial charge in [0.15, 0.2) is 0 Å². The lowest BCUT2D eigenvalue weighted by atomic mass is 10.2. The number of hydrogen-bond acceptors (Lipinski definition) is 7. The van der Waals surface area contributed by atoms with Gasteiger partial charge < -0.3 is 14.9 Å². The summed E-state index contributed by atoms with van der Waals surface area (Å²) in [6.45, 7) is 0. The third kappa shape index (κ3) is 5.52. The first kappa shape index (κ1) is 26.4. The quantitative estimate of drug-likeness (QED) is 0.317. The first-order valence-electron chi connectivity index (χ1n) is 9.54. The van der Waals surface area contributed by atoms with Gasteiger partial charge in [0.05, 0.1) is 34.5 Å². The highest BCUT2D eigenvalue weighted by molar-refractivity contribution is 7.93. The number of rotatable bonds is 9. The first-order chi connectivity index (χ1) is 16.7. The lowest BCUT2D eigenvalue weighted by Gasteiger charge is -2.15. The average molecular weight is 542 g/mol. The fourth-order valence-electron chi connectivity index (χ4n) is 2.91. The SMILES string of the molecule is COc1cc(S(=O)(=O)Nc2cc(C(=O)O)ccc2F)ccc1S(=O)(=O)Nc1cc(C(=O)O)ccc1F. The van der Waals surface area contributed by atoms with E-state index < -0.39 is 81.7 Å². The Kier molecular flexibility index (Phi) is 7.17. The smallest absolute Gasteiger partial charge is 0.335 e. The molecule has 36 heavy (non-hydrogen) atoms. The lowest BCUT2D eigenvalue weighted by Crippen LogP contribution is -2.17. The van der Waals surface area contributed by atoms with Crippen LogP contribution in [0.4, 0.5) is 20.2 Å². The Hall–Kier alpha value is -4.24. The Balaban J connectivity index is 1.98. The standard InChI is InChI=1S/C21H16F2N2O9S2/c1-34-18-10-13(35(30,31)24-16-8-11(20(26)27)2-5-14(16)22)4-7-19(18)36(32,33)25-17-9-12(21(28)29)3-6-15(17)23/h2-10,24-25H,1H3,(H,26,27)(H,28,29). The van der Waals surface area contributed by atoms with Crippen molar-refractivity contribution >= 4 is 43.4 Å². The Bertz CT molecular complexity index is 1590. The number of ether oxygens (including phenoxy) is 1. The minimum Gasteiger partial charge on any atom is -0.495 e. The van der Waals surface area contributed by atoms with Crippen LogP contribution in [0.25, 0.3) is 0 Å². The molecule has 11 nitrogen and oxygen atoms in total. The summed E-state index contributed by atoms with van der Waals surface area (Å²) in [4.78, 5) is 21.0. The number of methoxy groups -OCH3 is 1. The molecule has 3 rings (SSSR count). The lowest BCUT2D eigenvalue weighted by molar-refractivity contribution is 0.0686. The number of benzene rings is 3. The van der Waals surface area contributed by atoms with Crippen molar-refractivity contribution in [2.24, 2.45) is 0 Å². The molecule has 3 aromatic rings. The second-order valence-corrected chi connectivity index (χ2v) is 10.4. The molecule has 0 atom stereocenters. The maximum atomic E-state index is 14.1. The van der Waals surface area contributed by atoms with Crippen molar-refractivity contribution in [1.29, 1.82) is 0 Å². The van der Waals surface area contributed by atoms with E-state index in [-0.39, 0.29) is 0 Å². The highest BCUT2D eigenvalue weighted by atomic mass is 32.2. The minimum absolute atomic E-state index is 0.390. The summed E-state index contributed by atoms with van der Waals surface area (Å²) in [5.74, 6) is -5.49. The number of carboxylic acids is 2. The van der Waals surface area contributed by atoms with Gasteiger partial charge in [-0.1, -0.05) is 0 Å². The third-order valence-corrected chi connectivity index (χ3v) is 7.42. The van der Waals surface area contributed by atoms with Gasteiger partial charge >= 0.3 is 11.9 Å². The number of anilines is 2. The summed E-state index contributed by atoms with van der Waals surface area (Å²) in [7, 11) is -8.14. The van der Waals surface area contributed by atoms with E-state index in [4.69, 9.17) is 14.9 Å². The molecule has 0 saturated heterocycles. The Morgan fingerprint density at radius 3 is 1.67 bits per heavy atom. The van der Waals surface area contributed by atoms with E-state index >= 15 is 0 Å². The van der Waals surface area contributed by atoms with Crippen LogP contribution in [0, 0.1) is 11.6 Å². The molecule has 15 heteroatoms. The molecule has 0 bridgehead atoms. The topological polar surface area (TPSA) is 176 Å². The zero-order valence-corrected chi connectivity index (χ0v) is 19.7. The van der Waals surface area contributed by atoms with Crippen molar-refractivity contribution in [1.82, 2.24) is 0 Å². The zero-order valence-electron chi connectivity index (χ0n) is 18.0. The van der Waals surface area contributed by atoms with E-state index in [1.54, 1.807) is 0 Å². The van der Waals surface area contributed by atoms with Gasteiger partial charge in [-0.05, 0) is 48.5 Å². The highest BCUT2D eigenvalue weighted by Crippen LogP contribution is 2.31. The van der Waals surface area contributed by atoms with Gasteiger partial charge in [-0.2, -0.15) is 0 Å². The highest BCUT2D eigenvalue weighted by Gasteiger charge is 2.25. The Labute approximate surface area is 203 Å². The number of hydrogen-bond donors (Lipinski definition) is 4. The van der Waals surface area contributed by atoms with Crippen molar-refractivity contribution in [2.75, 3.05) is 16.6 Å². The summed E-state index contributed by atoms with van der Waals surface area (Å²) in [6, 6.07) is 7.32. The van der Waals surface area contributed by atoms with Crippen molar-refractivity contribution in [3.05, 3.63) is 77.4 Å². The molecule has 0 saturated carbocycles. The molecule has 0 heterocycles. The van der Waals surface area contributed by atoms with E-state index in [9.17, 15) is 35.2 Å². The molecular weight excluding hydrogens is 526 g/mol. The van der Waals surface area contributed by atoms with Crippen molar-refractivity contribution in [2.45, 2.75) is 9.79 Å². The van der Waals surface area contributed by atoms with E-state index in [2.05, 4.69) is 0 Å². The average Bonchev–Trinajstić information content (AvgIpc) is 2.80.